The number of carbonyl (C=O) groups is 3. The number of esters is 2. The minimum atomic E-state index is -0.995. The van der Waals surface area contributed by atoms with Crippen molar-refractivity contribution >= 4 is 17.9 Å². The van der Waals surface area contributed by atoms with E-state index in [1.54, 1.807) is 0 Å². The summed E-state index contributed by atoms with van der Waals surface area (Å²) in [4.78, 5) is 31.1. The van der Waals surface area contributed by atoms with Crippen molar-refractivity contribution in [3.8, 4) is 0 Å². The quantitative estimate of drug-likeness (QED) is 0.210. The molecule has 0 radical (unpaired) electrons. The maximum absolute atomic E-state index is 11.1. The zero-order valence-electron chi connectivity index (χ0n) is 15.6. The number of carbonyl (C=O) groups excluding carboxylic acids is 3. The summed E-state index contributed by atoms with van der Waals surface area (Å²) < 4.78 is 4.47. The number of carboxylic acid groups (broad SMARTS) is 1. The van der Waals surface area contributed by atoms with Crippen LogP contribution in [0.4, 0.5) is 0 Å². The third-order valence-electron chi connectivity index (χ3n) is 3.17. The summed E-state index contributed by atoms with van der Waals surface area (Å²) >= 11 is 0. The van der Waals surface area contributed by atoms with Gasteiger partial charge >= 0.3 is 41.5 Å². The number of nitrogens with two attached hydrogens (primary N) is 1. The van der Waals surface area contributed by atoms with Gasteiger partial charge in [-0.25, -0.2) is 0 Å². The number of hydrogen-bond donors (Lipinski definition) is 1. The second-order valence-corrected chi connectivity index (χ2v) is 5.35. The van der Waals surface area contributed by atoms with Crippen LogP contribution in [0.3, 0.4) is 0 Å². The Morgan fingerprint density at radius 3 is 1.62 bits per heavy atom. The third kappa shape index (κ3) is 26.5. The first-order valence-corrected chi connectivity index (χ1v) is 8.61. The van der Waals surface area contributed by atoms with Gasteiger partial charge in [-0.1, -0.05) is 65.2 Å². The van der Waals surface area contributed by atoms with E-state index in [2.05, 4.69) is 11.7 Å². The summed E-state index contributed by atoms with van der Waals surface area (Å²) in [6.45, 7) is 3.52. The first-order chi connectivity index (χ1) is 11.0. The SMILES string of the molecule is CCC(=O)[O-].CCCCCCCCCCCC(=O)OC(=O)CN.[Na+]. The number of hydrogen-bond acceptors (Lipinski definition) is 6. The summed E-state index contributed by atoms with van der Waals surface area (Å²) in [5.41, 5.74) is 5.04. The van der Waals surface area contributed by atoms with Crippen molar-refractivity contribution < 1.29 is 53.8 Å². The van der Waals surface area contributed by atoms with E-state index in [0.29, 0.717) is 6.42 Å². The summed E-state index contributed by atoms with van der Waals surface area (Å²) in [5, 5.41) is 9.26. The first-order valence-electron chi connectivity index (χ1n) is 8.61. The number of carboxylic acids is 1. The Labute approximate surface area is 168 Å². The molecule has 0 spiro atoms. The van der Waals surface area contributed by atoms with Crippen molar-refractivity contribution in [2.24, 2.45) is 5.73 Å². The summed E-state index contributed by atoms with van der Waals surface area (Å²) in [7, 11) is 0. The molecule has 6 nitrogen and oxygen atoms in total. The smallest absolute Gasteiger partial charge is 0.550 e. The Bertz CT molecular complexity index is 324. The minimum Gasteiger partial charge on any atom is -0.550 e. The fraction of sp³-hybridized carbons (Fsp3) is 0.824. The van der Waals surface area contributed by atoms with Gasteiger partial charge in [-0.3, -0.25) is 9.59 Å². The Morgan fingerprint density at radius 2 is 1.25 bits per heavy atom. The molecule has 0 saturated carbocycles. The minimum absolute atomic E-state index is 0. The van der Waals surface area contributed by atoms with Crippen LogP contribution in [-0.2, 0) is 19.1 Å². The molecular weight excluding hydrogens is 321 g/mol. The van der Waals surface area contributed by atoms with Crippen molar-refractivity contribution in [2.75, 3.05) is 6.54 Å². The fourth-order valence-corrected chi connectivity index (χ4v) is 1.80. The summed E-state index contributed by atoms with van der Waals surface area (Å²) in [6, 6.07) is 0. The van der Waals surface area contributed by atoms with Gasteiger partial charge in [-0.05, 0) is 12.8 Å². The largest absolute Gasteiger partial charge is 1.00 e. The van der Waals surface area contributed by atoms with E-state index >= 15 is 0 Å². The molecule has 136 valence electrons. The number of ether oxygens (including phenoxy) is 1. The standard InChI is InChI=1S/C14H27NO3.C3H6O2.Na/c1-2-3-4-5-6-7-8-9-10-11-13(16)18-14(17)12-15;1-2-3(4)5;/h2-12,15H2,1H3;2H2,1H3,(H,4,5);/q;;+1/p-1. The monoisotopic (exact) mass is 353 g/mol. The van der Waals surface area contributed by atoms with Gasteiger partial charge in [-0.2, -0.15) is 0 Å². The maximum Gasteiger partial charge on any atom is 1.00 e. The van der Waals surface area contributed by atoms with Crippen molar-refractivity contribution in [1.29, 1.82) is 0 Å². The van der Waals surface area contributed by atoms with Crippen LogP contribution in [0.2, 0.25) is 0 Å². The van der Waals surface area contributed by atoms with Crippen molar-refractivity contribution in [3.05, 3.63) is 0 Å². The molecule has 0 aliphatic rings. The molecule has 0 atom stereocenters. The molecule has 0 aromatic carbocycles. The van der Waals surface area contributed by atoms with Gasteiger partial charge in [0.25, 0.3) is 0 Å². The molecule has 0 saturated heterocycles. The van der Waals surface area contributed by atoms with Gasteiger partial charge in [0.05, 0.1) is 6.54 Å². The van der Waals surface area contributed by atoms with Crippen LogP contribution < -0.4 is 40.4 Å². The molecule has 0 aromatic rings. The molecule has 24 heavy (non-hydrogen) atoms. The molecule has 0 rings (SSSR count). The van der Waals surface area contributed by atoms with E-state index in [0.717, 1.165) is 19.3 Å². The van der Waals surface area contributed by atoms with E-state index in [-0.39, 0.29) is 42.5 Å². The molecule has 0 heterocycles. The molecule has 0 aromatic heterocycles. The van der Waals surface area contributed by atoms with E-state index in [1.165, 1.54) is 45.4 Å². The van der Waals surface area contributed by atoms with Gasteiger partial charge in [0.15, 0.2) is 0 Å². The van der Waals surface area contributed by atoms with Crippen LogP contribution in [0, 0.1) is 0 Å². The van der Waals surface area contributed by atoms with Gasteiger partial charge in [0, 0.05) is 12.4 Å². The number of unbranched alkanes of at least 4 members (excludes halogenated alkanes) is 8. The fourth-order valence-electron chi connectivity index (χ4n) is 1.80. The van der Waals surface area contributed by atoms with Crippen LogP contribution in [0.15, 0.2) is 0 Å². The molecule has 0 amide bonds. The molecule has 0 aliphatic carbocycles. The Morgan fingerprint density at radius 1 is 0.833 bits per heavy atom. The van der Waals surface area contributed by atoms with Crippen LogP contribution in [0.5, 0.6) is 0 Å². The second-order valence-electron chi connectivity index (χ2n) is 5.35. The first kappa shape index (κ1) is 28.4. The number of aliphatic carboxylic acids is 1. The normalized spacial score (nSPS) is 9.29. The van der Waals surface area contributed by atoms with E-state index in [9.17, 15) is 19.5 Å². The zero-order valence-corrected chi connectivity index (χ0v) is 17.6. The van der Waals surface area contributed by atoms with Gasteiger partial charge in [0.1, 0.15) is 0 Å². The molecule has 0 bridgehead atoms. The Hall–Kier alpha value is -0.430. The van der Waals surface area contributed by atoms with E-state index in [1.807, 2.05) is 0 Å². The molecule has 7 heteroatoms. The van der Waals surface area contributed by atoms with Gasteiger partial charge in [-0.15, -0.1) is 0 Å². The number of rotatable bonds is 12. The summed E-state index contributed by atoms with van der Waals surface area (Å²) in [6.07, 6.45) is 11.2. The topological polar surface area (TPSA) is 110 Å². The molecular formula is C17H32NNaO5. The molecule has 0 fully saturated rings. The third-order valence-corrected chi connectivity index (χ3v) is 3.17. The summed E-state index contributed by atoms with van der Waals surface area (Å²) in [5.74, 6) is -2.09. The Balaban J connectivity index is -0.000000639. The predicted molar refractivity (Wildman–Crippen MR) is 87.3 cm³/mol. The molecule has 2 N–H and O–H groups in total. The zero-order chi connectivity index (χ0) is 17.9. The van der Waals surface area contributed by atoms with Crippen LogP contribution in [0.1, 0.15) is 84.5 Å². The van der Waals surface area contributed by atoms with Crippen LogP contribution >= 0.6 is 0 Å². The molecule has 0 unspecified atom stereocenters. The van der Waals surface area contributed by atoms with Crippen molar-refractivity contribution in [2.45, 2.75) is 84.5 Å². The maximum atomic E-state index is 11.1. The van der Waals surface area contributed by atoms with Crippen LogP contribution in [-0.4, -0.2) is 24.5 Å². The second kappa shape index (κ2) is 22.6. The Kier molecular flexibility index (Phi) is 26.7. The van der Waals surface area contributed by atoms with E-state index in [4.69, 9.17) is 5.73 Å². The average Bonchev–Trinajstić information content (AvgIpc) is 2.53. The van der Waals surface area contributed by atoms with Crippen LogP contribution in [0.25, 0.3) is 0 Å². The average molecular weight is 353 g/mol. The van der Waals surface area contributed by atoms with Gasteiger partial charge in [0.2, 0.25) is 0 Å². The molecule has 0 aliphatic heterocycles. The van der Waals surface area contributed by atoms with Crippen molar-refractivity contribution in [3.63, 3.8) is 0 Å². The van der Waals surface area contributed by atoms with Crippen molar-refractivity contribution in [1.82, 2.24) is 0 Å². The van der Waals surface area contributed by atoms with Gasteiger partial charge < -0.3 is 20.4 Å². The predicted octanol–water partition coefficient (Wildman–Crippen LogP) is -0.914. The van der Waals surface area contributed by atoms with E-state index < -0.39 is 17.9 Å².